The van der Waals surface area contributed by atoms with Crippen LogP contribution >= 0.6 is 0 Å². The summed E-state index contributed by atoms with van der Waals surface area (Å²) in [6, 6.07) is 4.98. The lowest BCUT2D eigenvalue weighted by Gasteiger charge is -2.15. The van der Waals surface area contributed by atoms with Crippen molar-refractivity contribution in [2.75, 3.05) is 20.3 Å². The van der Waals surface area contributed by atoms with Crippen LogP contribution in [0.4, 0.5) is 4.39 Å². The topological polar surface area (TPSA) is 30.5 Å². The van der Waals surface area contributed by atoms with Crippen molar-refractivity contribution >= 4 is 0 Å². The number of benzene rings is 1. The Morgan fingerprint density at radius 2 is 2.41 bits per heavy atom. The van der Waals surface area contributed by atoms with Crippen molar-refractivity contribution in [3.8, 4) is 5.75 Å². The molecule has 94 valence electrons. The van der Waals surface area contributed by atoms with E-state index in [0.717, 1.165) is 25.0 Å². The minimum absolute atomic E-state index is 0.108. The van der Waals surface area contributed by atoms with Crippen LogP contribution in [0.25, 0.3) is 0 Å². The van der Waals surface area contributed by atoms with Crippen LogP contribution in [0.15, 0.2) is 18.2 Å². The molecule has 1 aliphatic rings. The van der Waals surface area contributed by atoms with Crippen LogP contribution in [0.5, 0.6) is 5.75 Å². The Balaban J connectivity index is 2.02. The van der Waals surface area contributed by atoms with Gasteiger partial charge in [-0.1, -0.05) is 12.1 Å². The molecule has 4 heteroatoms. The van der Waals surface area contributed by atoms with Crippen molar-refractivity contribution in [3.05, 3.63) is 29.6 Å². The first-order chi connectivity index (χ1) is 8.31. The minimum atomic E-state index is -0.309. The van der Waals surface area contributed by atoms with Gasteiger partial charge in [0, 0.05) is 18.7 Å². The zero-order valence-electron chi connectivity index (χ0n) is 10.0. The summed E-state index contributed by atoms with van der Waals surface area (Å²) in [6.45, 7) is 1.81. The van der Waals surface area contributed by atoms with Crippen molar-refractivity contribution in [2.45, 2.75) is 25.5 Å². The van der Waals surface area contributed by atoms with Gasteiger partial charge in [0.25, 0.3) is 0 Å². The summed E-state index contributed by atoms with van der Waals surface area (Å²) in [6.07, 6.45) is 2.17. The second-order valence-electron chi connectivity index (χ2n) is 4.20. The fourth-order valence-electron chi connectivity index (χ4n) is 2.00. The molecule has 1 fully saturated rings. The quantitative estimate of drug-likeness (QED) is 0.853. The minimum Gasteiger partial charge on any atom is -0.487 e. The van der Waals surface area contributed by atoms with Crippen LogP contribution in [0.1, 0.15) is 18.4 Å². The first-order valence-electron chi connectivity index (χ1n) is 5.97. The van der Waals surface area contributed by atoms with E-state index in [-0.39, 0.29) is 11.9 Å². The molecule has 0 aliphatic carbocycles. The van der Waals surface area contributed by atoms with Gasteiger partial charge in [0.15, 0.2) is 11.6 Å². The van der Waals surface area contributed by atoms with Gasteiger partial charge < -0.3 is 14.8 Å². The van der Waals surface area contributed by atoms with Crippen molar-refractivity contribution in [1.82, 2.24) is 5.32 Å². The van der Waals surface area contributed by atoms with Crippen LogP contribution in [0, 0.1) is 5.82 Å². The lowest BCUT2D eigenvalue weighted by atomic mass is 10.2. The summed E-state index contributed by atoms with van der Waals surface area (Å²) in [5.74, 6) is 0.0353. The molecule has 1 aliphatic heterocycles. The first kappa shape index (κ1) is 12.3. The average molecular weight is 239 g/mol. The van der Waals surface area contributed by atoms with E-state index in [1.54, 1.807) is 6.07 Å². The molecule has 0 amide bonds. The maximum Gasteiger partial charge on any atom is 0.165 e. The Hall–Kier alpha value is -1.13. The summed E-state index contributed by atoms with van der Waals surface area (Å²) in [5, 5.41) is 3.00. The molecule has 1 N–H and O–H groups in total. The predicted molar refractivity (Wildman–Crippen MR) is 63.6 cm³/mol. The highest BCUT2D eigenvalue weighted by molar-refractivity contribution is 5.34. The van der Waals surface area contributed by atoms with Gasteiger partial charge in [0.1, 0.15) is 6.61 Å². The van der Waals surface area contributed by atoms with Crippen LogP contribution < -0.4 is 10.1 Å². The lowest BCUT2D eigenvalue weighted by Crippen LogP contribution is -2.18. The SMILES string of the molecule is CNCc1cccc(F)c1OCC1CCCO1. The number of halogens is 1. The molecule has 1 aromatic rings. The first-order valence-corrected chi connectivity index (χ1v) is 5.97. The molecule has 0 spiro atoms. The van der Waals surface area contributed by atoms with Gasteiger partial charge in [0.05, 0.1) is 6.10 Å². The fraction of sp³-hybridized carbons (Fsp3) is 0.538. The Morgan fingerprint density at radius 1 is 1.53 bits per heavy atom. The third-order valence-corrected chi connectivity index (χ3v) is 2.85. The fourth-order valence-corrected chi connectivity index (χ4v) is 2.00. The number of rotatable bonds is 5. The summed E-state index contributed by atoms with van der Waals surface area (Å²) >= 11 is 0. The molecule has 17 heavy (non-hydrogen) atoms. The van der Waals surface area contributed by atoms with E-state index in [4.69, 9.17) is 9.47 Å². The lowest BCUT2D eigenvalue weighted by molar-refractivity contribution is 0.0662. The Kier molecular flexibility index (Phi) is 4.34. The third-order valence-electron chi connectivity index (χ3n) is 2.85. The normalized spacial score (nSPS) is 19.5. The number of hydrogen-bond donors (Lipinski definition) is 1. The molecule has 0 saturated carbocycles. The monoisotopic (exact) mass is 239 g/mol. The number of hydrogen-bond acceptors (Lipinski definition) is 3. The predicted octanol–water partition coefficient (Wildman–Crippen LogP) is 2.10. The number of nitrogens with one attached hydrogen (secondary N) is 1. The van der Waals surface area contributed by atoms with Crippen LogP contribution in [0.2, 0.25) is 0 Å². The Morgan fingerprint density at radius 3 is 3.12 bits per heavy atom. The molecule has 1 heterocycles. The molecule has 1 unspecified atom stereocenters. The summed E-state index contributed by atoms with van der Waals surface area (Å²) in [4.78, 5) is 0. The molecule has 1 saturated heterocycles. The smallest absolute Gasteiger partial charge is 0.165 e. The highest BCUT2D eigenvalue weighted by Gasteiger charge is 2.18. The van der Waals surface area contributed by atoms with Gasteiger partial charge >= 0.3 is 0 Å². The van der Waals surface area contributed by atoms with Crippen LogP contribution in [-0.4, -0.2) is 26.4 Å². The van der Waals surface area contributed by atoms with Gasteiger partial charge in [-0.25, -0.2) is 4.39 Å². The number of ether oxygens (including phenoxy) is 2. The Labute approximate surface area is 101 Å². The van der Waals surface area contributed by atoms with E-state index in [0.29, 0.717) is 18.9 Å². The van der Waals surface area contributed by atoms with E-state index in [9.17, 15) is 4.39 Å². The third kappa shape index (κ3) is 3.17. The van der Waals surface area contributed by atoms with Crippen LogP contribution in [0.3, 0.4) is 0 Å². The standard InChI is InChI=1S/C13H18FNO2/c1-15-8-10-4-2-6-12(14)13(10)17-9-11-5-3-7-16-11/h2,4,6,11,15H,3,5,7-9H2,1H3. The second-order valence-corrected chi connectivity index (χ2v) is 4.20. The zero-order valence-corrected chi connectivity index (χ0v) is 10.0. The maximum absolute atomic E-state index is 13.7. The van der Waals surface area contributed by atoms with E-state index >= 15 is 0 Å². The largest absolute Gasteiger partial charge is 0.487 e. The Bertz CT molecular complexity index is 364. The van der Waals surface area contributed by atoms with E-state index in [2.05, 4.69) is 5.32 Å². The van der Waals surface area contributed by atoms with Gasteiger partial charge in [-0.3, -0.25) is 0 Å². The van der Waals surface area contributed by atoms with Crippen LogP contribution in [-0.2, 0) is 11.3 Å². The molecular weight excluding hydrogens is 221 g/mol. The van der Waals surface area contributed by atoms with Crippen molar-refractivity contribution in [1.29, 1.82) is 0 Å². The van der Waals surface area contributed by atoms with E-state index in [1.165, 1.54) is 6.07 Å². The molecule has 2 rings (SSSR count). The van der Waals surface area contributed by atoms with E-state index in [1.807, 2.05) is 13.1 Å². The zero-order chi connectivity index (χ0) is 12.1. The molecule has 0 bridgehead atoms. The number of para-hydroxylation sites is 1. The van der Waals surface area contributed by atoms with Crippen molar-refractivity contribution < 1.29 is 13.9 Å². The van der Waals surface area contributed by atoms with Gasteiger partial charge in [0.2, 0.25) is 0 Å². The summed E-state index contributed by atoms with van der Waals surface area (Å²) in [7, 11) is 1.83. The summed E-state index contributed by atoms with van der Waals surface area (Å²) < 4.78 is 24.7. The van der Waals surface area contributed by atoms with Crippen molar-refractivity contribution in [2.24, 2.45) is 0 Å². The van der Waals surface area contributed by atoms with Crippen molar-refractivity contribution in [3.63, 3.8) is 0 Å². The highest BCUT2D eigenvalue weighted by atomic mass is 19.1. The summed E-state index contributed by atoms with van der Waals surface area (Å²) in [5.41, 5.74) is 0.838. The molecule has 3 nitrogen and oxygen atoms in total. The molecule has 1 atom stereocenters. The molecule has 0 aromatic heterocycles. The van der Waals surface area contributed by atoms with Gasteiger partial charge in [-0.15, -0.1) is 0 Å². The average Bonchev–Trinajstić information content (AvgIpc) is 2.82. The van der Waals surface area contributed by atoms with Gasteiger partial charge in [-0.2, -0.15) is 0 Å². The van der Waals surface area contributed by atoms with Gasteiger partial charge in [-0.05, 0) is 26.0 Å². The van der Waals surface area contributed by atoms with E-state index < -0.39 is 0 Å². The molecular formula is C13H18FNO2. The molecule has 1 aromatic carbocycles. The maximum atomic E-state index is 13.7. The molecule has 0 radical (unpaired) electrons. The highest BCUT2D eigenvalue weighted by Crippen LogP contribution is 2.24. The second kappa shape index (κ2) is 5.98.